The van der Waals surface area contributed by atoms with Crippen LogP contribution in [0.4, 0.5) is 8.78 Å². The van der Waals surface area contributed by atoms with Crippen molar-refractivity contribution >= 4 is 0 Å². The first-order valence-corrected chi connectivity index (χ1v) is 10.7. The van der Waals surface area contributed by atoms with Crippen molar-refractivity contribution in [3.8, 4) is 5.75 Å². The molecule has 0 amide bonds. The number of rotatable bonds is 4. The molecule has 0 aromatic heterocycles. The maximum Gasteiger partial charge on any atom is 1.00 e. The molecule has 1 atom stereocenters. The molecule has 0 saturated heterocycles. The second-order valence-electron chi connectivity index (χ2n) is 8.71. The molecule has 1 heterocycles. The minimum atomic E-state index is -0.800. The van der Waals surface area contributed by atoms with Gasteiger partial charge in [0.15, 0.2) is 11.6 Å². The molecule has 1 aromatic rings. The molecule has 0 radical (unpaired) electrons. The third-order valence-electron chi connectivity index (χ3n) is 7.06. The van der Waals surface area contributed by atoms with Gasteiger partial charge >= 0.3 is 58.2 Å². The van der Waals surface area contributed by atoms with Crippen LogP contribution in [-0.2, 0) is 6.42 Å². The summed E-state index contributed by atoms with van der Waals surface area (Å²) in [6.45, 7) is 0. The number of fused-ring (bicyclic) bond motifs is 1. The molecule has 1 aromatic carbocycles. The van der Waals surface area contributed by atoms with E-state index in [0.29, 0.717) is 5.92 Å². The van der Waals surface area contributed by atoms with Gasteiger partial charge in [-0.15, -0.1) is 0 Å². The van der Waals surface area contributed by atoms with Crippen molar-refractivity contribution in [2.45, 2.75) is 83.2 Å². The van der Waals surface area contributed by atoms with E-state index in [2.05, 4.69) is 6.42 Å². The fraction of sp³-hybridized carbons (Fsp3) is 0.696. The Labute approximate surface area is 211 Å². The van der Waals surface area contributed by atoms with Crippen molar-refractivity contribution in [1.82, 2.24) is 0 Å². The van der Waals surface area contributed by atoms with Gasteiger partial charge in [-0.25, -0.2) is 4.39 Å². The first-order chi connectivity index (χ1) is 12.7. The van der Waals surface area contributed by atoms with Crippen molar-refractivity contribution in [3.05, 3.63) is 35.8 Å². The molecule has 2 aliphatic carbocycles. The van der Waals surface area contributed by atoms with Crippen LogP contribution < -0.4 is 62.9 Å². The first-order valence-electron chi connectivity index (χ1n) is 10.7. The standard InChI is InChI=1S/C23H31F2O.Rb/c24-20-14-12-19-13-15-21(26-23(19)22(20)25)18-10-8-17(9-11-18)7-6-16-4-2-1-3-5-16;/h1,12,14,16-18,21H,2-11,13,15H2;/q-1;+1. The van der Waals surface area contributed by atoms with Crippen LogP contribution in [0.5, 0.6) is 5.75 Å². The van der Waals surface area contributed by atoms with Gasteiger partial charge in [0.05, 0.1) is 0 Å². The molecule has 2 saturated carbocycles. The summed E-state index contributed by atoms with van der Waals surface area (Å²) in [6, 6.07) is 2.89. The molecule has 4 rings (SSSR count). The van der Waals surface area contributed by atoms with Gasteiger partial charge in [0.25, 0.3) is 0 Å². The summed E-state index contributed by atoms with van der Waals surface area (Å²) in [6.07, 6.45) is 17.4. The molecule has 1 unspecified atom stereocenters. The van der Waals surface area contributed by atoms with E-state index in [1.165, 1.54) is 70.3 Å². The van der Waals surface area contributed by atoms with E-state index in [4.69, 9.17) is 4.74 Å². The zero-order valence-electron chi connectivity index (χ0n) is 16.7. The molecule has 1 aliphatic heterocycles. The number of benzene rings is 1. The normalized spacial score (nSPS) is 28.7. The Morgan fingerprint density at radius 1 is 0.889 bits per heavy atom. The minimum Gasteiger partial charge on any atom is -0.487 e. The third kappa shape index (κ3) is 5.64. The molecule has 27 heavy (non-hydrogen) atoms. The number of ether oxygens (including phenoxy) is 1. The van der Waals surface area contributed by atoms with Crippen LogP contribution in [0.15, 0.2) is 12.1 Å². The second-order valence-corrected chi connectivity index (χ2v) is 8.71. The maximum atomic E-state index is 14.1. The summed E-state index contributed by atoms with van der Waals surface area (Å²) in [5.74, 6) is 0.902. The molecule has 0 spiro atoms. The average molecular weight is 447 g/mol. The maximum absolute atomic E-state index is 14.1. The van der Waals surface area contributed by atoms with Crippen LogP contribution in [0.3, 0.4) is 0 Å². The van der Waals surface area contributed by atoms with E-state index in [0.717, 1.165) is 30.2 Å². The van der Waals surface area contributed by atoms with Crippen LogP contribution in [0.1, 0.15) is 76.2 Å². The summed E-state index contributed by atoms with van der Waals surface area (Å²) in [4.78, 5) is 0. The number of halogens is 2. The fourth-order valence-electron chi connectivity index (χ4n) is 5.34. The van der Waals surface area contributed by atoms with Crippen LogP contribution >= 0.6 is 0 Å². The van der Waals surface area contributed by atoms with Gasteiger partial charge in [-0.3, -0.25) is 0 Å². The summed E-state index contributed by atoms with van der Waals surface area (Å²) in [5, 5.41) is 0. The van der Waals surface area contributed by atoms with Gasteiger partial charge in [0.1, 0.15) is 6.10 Å². The Bertz CT molecular complexity index is 607. The number of hydrogen-bond donors (Lipinski definition) is 0. The van der Waals surface area contributed by atoms with Crippen molar-refractivity contribution in [2.75, 3.05) is 0 Å². The first kappa shape index (κ1) is 22.4. The molecular formula is C23H31F2ORb. The minimum absolute atomic E-state index is 0. The Kier molecular flexibility index (Phi) is 8.81. The summed E-state index contributed by atoms with van der Waals surface area (Å²) < 4.78 is 33.5. The van der Waals surface area contributed by atoms with Gasteiger partial charge in [-0.1, -0.05) is 44.6 Å². The van der Waals surface area contributed by atoms with Crippen LogP contribution in [0, 0.1) is 35.8 Å². The van der Waals surface area contributed by atoms with Crippen molar-refractivity contribution in [3.63, 3.8) is 0 Å². The molecule has 2 fully saturated rings. The van der Waals surface area contributed by atoms with Gasteiger partial charge in [0, 0.05) is 0 Å². The van der Waals surface area contributed by atoms with E-state index in [1.54, 1.807) is 6.07 Å². The van der Waals surface area contributed by atoms with E-state index in [-0.39, 0.29) is 70.0 Å². The zero-order chi connectivity index (χ0) is 17.9. The predicted octanol–water partition coefficient (Wildman–Crippen LogP) is 3.64. The molecule has 3 aliphatic rings. The summed E-state index contributed by atoms with van der Waals surface area (Å²) in [5.41, 5.74) is 0.818. The fourth-order valence-corrected chi connectivity index (χ4v) is 5.34. The van der Waals surface area contributed by atoms with Gasteiger partial charge in [-0.2, -0.15) is 17.2 Å². The monoisotopic (exact) mass is 446 g/mol. The molecular weight excluding hydrogens is 416 g/mol. The van der Waals surface area contributed by atoms with Crippen molar-refractivity contribution in [2.24, 2.45) is 17.8 Å². The average Bonchev–Trinajstić information content (AvgIpc) is 2.70. The number of hydrogen-bond acceptors (Lipinski definition) is 1. The summed E-state index contributed by atoms with van der Waals surface area (Å²) in [7, 11) is 0. The largest absolute Gasteiger partial charge is 1.00 e. The van der Waals surface area contributed by atoms with Crippen LogP contribution in [-0.4, -0.2) is 6.10 Å². The number of aryl methyl sites for hydroxylation is 1. The van der Waals surface area contributed by atoms with Crippen LogP contribution in [0.2, 0.25) is 0 Å². The Hall–Kier alpha value is 0.685. The molecule has 4 heteroatoms. The summed E-state index contributed by atoms with van der Waals surface area (Å²) >= 11 is 0. The van der Waals surface area contributed by atoms with E-state index in [9.17, 15) is 8.78 Å². The van der Waals surface area contributed by atoms with E-state index >= 15 is 0 Å². The zero-order valence-corrected chi connectivity index (χ0v) is 21.6. The Balaban J connectivity index is 0.00000210. The van der Waals surface area contributed by atoms with Gasteiger partial charge in [-0.05, 0) is 55.1 Å². The van der Waals surface area contributed by atoms with E-state index < -0.39 is 11.6 Å². The SMILES string of the molecule is Fc1ccc2c(c1F)OC(C1CCC(CCC3CC[CH-]CC3)CC1)CC2.[Rb+]. The topological polar surface area (TPSA) is 9.23 Å². The quantitative estimate of drug-likeness (QED) is 0.642. The Morgan fingerprint density at radius 2 is 1.56 bits per heavy atom. The van der Waals surface area contributed by atoms with E-state index in [1.807, 2.05) is 0 Å². The molecule has 144 valence electrons. The van der Waals surface area contributed by atoms with Crippen molar-refractivity contribution in [1.29, 1.82) is 0 Å². The molecule has 0 bridgehead atoms. The second kappa shape index (κ2) is 10.6. The molecule has 1 nitrogen and oxygen atoms in total. The smallest absolute Gasteiger partial charge is 0.487 e. The predicted molar refractivity (Wildman–Crippen MR) is 100 cm³/mol. The van der Waals surface area contributed by atoms with Gasteiger partial charge in [0.2, 0.25) is 5.82 Å². The third-order valence-corrected chi connectivity index (χ3v) is 7.06. The van der Waals surface area contributed by atoms with Crippen molar-refractivity contribution < 1.29 is 71.7 Å². The Morgan fingerprint density at radius 3 is 2.26 bits per heavy atom. The molecule has 0 N–H and O–H groups in total. The van der Waals surface area contributed by atoms with Gasteiger partial charge < -0.3 is 11.2 Å². The van der Waals surface area contributed by atoms with Crippen LogP contribution in [0.25, 0.3) is 0 Å².